The topological polar surface area (TPSA) is 104 Å². The number of carboxylic acids is 1. The van der Waals surface area contributed by atoms with Crippen molar-refractivity contribution < 1.29 is 22.9 Å². The molecule has 5 heteroatoms. The molecule has 0 bridgehead atoms. The molecule has 0 unspecified atom stereocenters. The van der Waals surface area contributed by atoms with Gasteiger partial charge in [0.15, 0.2) is 11.5 Å². The maximum Gasteiger partial charge on any atom is 0.320 e. The Morgan fingerprint density at radius 2 is 2.14 bits per heavy atom. The Morgan fingerprint density at radius 1 is 1.50 bits per heavy atom. The predicted molar refractivity (Wildman–Crippen MR) is 49.1 cm³/mol. The summed E-state index contributed by atoms with van der Waals surface area (Å²) in [6.07, 6.45) is -2.34. The number of rotatable bonds is 3. The first-order valence-electron chi connectivity index (χ1n) is 4.77. The van der Waals surface area contributed by atoms with E-state index < -0.39 is 29.9 Å². The van der Waals surface area contributed by atoms with Crippen LogP contribution in [-0.4, -0.2) is 27.3 Å². The monoisotopic (exact) mass is 199 g/mol. The van der Waals surface area contributed by atoms with Crippen molar-refractivity contribution in [3.05, 3.63) is 23.8 Å². The molecule has 14 heavy (non-hydrogen) atoms. The molecule has 0 aliphatic heterocycles. The van der Waals surface area contributed by atoms with Gasteiger partial charge in [-0.05, 0) is 24.1 Å². The first kappa shape index (κ1) is 7.64. The van der Waals surface area contributed by atoms with E-state index in [0.717, 1.165) is 18.2 Å². The lowest BCUT2D eigenvalue weighted by Crippen LogP contribution is -2.32. The number of carbonyl (C=O) groups is 1. The molecule has 0 aliphatic rings. The molecule has 1 atom stereocenters. The Morgan fingerprint density at radius 3 is 2.64 bits per heavy atom. The van der Waals surface area contributed by atoms with E-state index in [4.69, 9.17) is 18.7 Å². The van der Waals surface area contributed by atoms with Gasteiger partial charge in [-0.15, -0.1) is 0 Å². The van der Waals surface area contributed by atoms with Gasteiger partial charge in [0.1, 0.15) is 6.04 Å². The van der Waals surface area contributed by atoms with Gasteiger partial charge in [-0.25, -0.2) is 0 Å². The predicted octanol–water partition coefficient (Wildman–Crippen LogP) is 0.0522. The summed E-state index contributed by atoms with van der Waals surface area (Å²) in [5.41, 5.74) is 5.08. The summed E-state index contributed by atoms with van der Waals surface area (Å²) in [6, 6.07) is 1.42. The molecule has 1 aromatic rings. The van der Waals surface area contributed by atoms with Gasteiger partial charge in [-0.2, -0.15) is 0 Å². The fourth-order valence-electron chi connectivity index (χ4n) is 0.855. The van der Waals surface area contributed by atoms with Crippen LogP contribution in [0.25, 0.3) is 0 Å². The molecule has 0 amide bonds. The molecule has 0 aliphatic carbocycles. The molecule has 0 saturated carbocycles. The molecule has 76 valence electrons. The fourth-order valence-corrected chi connectivity index (χ4v) is 0.855. The van der Waals surface area contributed by atoms with E-state index >= 15 is 0 Å². The maximum absolute atomic E-state index is 10.6. The van der Waals surface area contributed by atoms with Crippen LogP contribution in [0.5, 0.6) is 11.5 Å². The number of carboxylic acid groups (broad SMARTS) is 1. The molecule has 0 radical (unpaired) electrons. The second-order valence-electron chi connectivity index (χ2n) is 2.66. The van der Waals surface area contributed by atoms with E-state index in [1.165, 1.54) is 0 Å². The van der Waals surface area contributed by atoms with E-state index in [2.05, 4.69) is 0 Å². The van der Waals surface area contributed by atoms with Crippen LogP contribution in [0, 0.1) is 0 Å². The van der Waals surface area contributed by atoms with Gasteiger partial charge >= 0.3 is 5.97 Å². The maximum atomic E-state index is 10.6. The standard InChI is InChI=1S/C9H11NO4/c10-6(9(13)14)3-5-1-2-7(11)8(12)4-5/h1-2,4,6,11-12H,3,10H2,(H,13,14)/t6-/m1/s1/i3D2. The van der Waals surface area contributed by atoms with Crippen molar-refractivity contribution in [1.82, 2.24) is 0 Å². The lowest BCUT2D eigenvalue weighted by molar-refractivity contribution is -0.138. The number of benzene rings is 1. The smallest absolute Gasteiger partial charge is 0.320 e. The van der Waals surface area contributed by atoms with E-state index in [1.54, 1.807) is 0 Å². The van der Waals surface area contributed by atoms with Crippen molar-refractivity contribution in [1.29, 1.82) is 0 Å². The summed E-state index contributed by atoms with van der Waals surface area (Å²) in [4.78, 5) is 10.6. The lowest BCUT2D eigenvalue weighted by atomic mass is 10.1. The summed E-state index contributed by atoms with van der Waals surface area (Å²) >= 11 is 0. The van der Waals surface area contributed by atoms with Crippen LogP contribution in [-0.2, 0) is 11.2 Å². The summed E-state index contributed by atoms with van der Waals surface area (Å²) in [5.74, 6) is -2.43. The highest BCUT2D eigenvalue weighted by Gasteiger charge is 2.12. The highest BCUT2D eigenvalue weighted by atomic mass is 16.4. The van der Waals surface area contributed by atoms with Crippen LogP contribution < -0.4 is 5.73 Å². The van der Waals surface area contributed by atoms with Crippen molar-refractivity contribution in [3.8, 4) is 11.5 Å². The Balaban J connectivity index is 3.16. The van der Waals surface area contributed by atoms with Gasteiger partial charge in [0.2, 0.25) is 0 Å². The molecule has 0 aromatic heterocycles. The first-order chi connectivity index (χ1) is 7.26. The SMILES string of the molecule is [2H]C([2H])(c1ccc(O)c(O)c1)[C@@H](N)C(=O)O. The van der Waals surface area contributed by atoms with Crippen LogP contribution in [0.2, 0.25) is 0 Å². The largest absolute Gasteiger partial charge is 0.504 e. The van der Waals surface area contributed by atoms with E-state index in [1.807, 2.05) is 0 Å². The van der Waals surface area contributed by atoms with Crippen molar-refractivity contribution in [2.24, 2.45) is 5.73 Å². The van der Waals surface area contributed by atoms with Gasteiger partial charge in [0.25, 0.3) is 0 Å². The van der Waals surface area contributed by atoms with Crippen LogP contribution in [0.3, 0.4) is 0 Å². The molecule has 0 saturated heterocycles. The van der Waals surface area contributed by atoms with Crippen molar-refractivity contribution >= 4 is 5.97 Å². The van der Waals surface area contributed by atoms with Crippen LogP contribution in [0.4, 0.5) is 0 Å². The third-order valence-electron chi connectivity index (χ3n) is 1.56. The molecular formula is C9H11NO4. The summed E-state index contributed by atoms with van der Waals surface area (Å²) in [7, 11) is 0. The third kappa shape index (κ3) is 2.37. The number of aliphatic carboxylic acids is 1. The second kappa shape index (κ2) is 3.97. The van der Waals surface area contributed by atoms with Crippen molar-refractivity contribution in [2.75, 3.05) is 0 Å². The van der Waals surface area contributed by atoms with E-state index in [-0.39, 0.29) is 5.56 Å². The molecule has 1 aromatic carbocycles. The Labute approximate surface area is 83.2 Å². The lowest BCUT2D eigenvalue weighted by Gasteiger charge is -2.06. The number of hydrogen-bond acceptors (Lipinski definition) is 4. The Bertz CT molecular complexity index is 422. The van der Waals surface area contributed by atoms with Gasteiger partial charge in [-0.3, -0.25) is 4.79 Å². The van der Waals surface area contributed by atoms with E-state index in [9.17, 15) is 9.90 Å². The number of phenols is 2. The summed E-state index contributed by atoms with van der Waals surface area (Å²) in [6.45, 7) is 0. The average Bonchev–Trinajstić information content (AvgIpc) is 2.20. The van der Waals surface area contributed by atoms with Crippen molar-refractivity contribution in [3.63, 3.8) is 0 Å². The van der Waals surface area contributed by atoms with Crippen molar-refractivity contribution in [2.45, 2.75) is 12.4 Å². The second-order valence-corrected chi connectivity index (χ2v) is 2.66. The molecule has 0 heterocycles. The highest BCUT2D eigenvalue weighted by Crippen LogP contribution is 2.25. The zero-order valence-corrected chi connectivity index (χ0v) is 7.14. The summed E-state index contributed by atoms with van der Waals surface area (Å²) < 4.78 is 15.1. The minimum atomic E-state index is -2.34. The van der Waals surface area contributed by atoms with Crippen LogP contribution in [0.15, 0.2) is 18.2 Å². The quantitative estimate of drug-likeness (QED) is 0.515. The molecule has 0 fully saturated rings. The minimum Gasteiger partial charge on any atom is -0.504 e. The molecule has 5 nitrogen and oxygen atoms in total. The minimum absolute atomic E-state index is 0.113. The number of hydrogen-bond donors (Lipinski definition) is 4. The normalized spacial score (nSPS) is 15.5. The molecule has 0 spiro atoms. The van der Waals surface area contributed by atoms with Gasteiger partial charge in [-0.1, -0.05) is 6.07 Å². The van der Waals surface area contributed by atoms with Gasteiger partial charge < -0.3 is 21.1 Å². The number of phenolic OH excluding ortho intramolecular Hbond substituents is 2. The highest BCUT2D eigenvalue weighted by molar-refractivity contribution is 5.73. The third-order valence-corrected chi connectivity index (χ3v) is 1.56. The Kier molecular flexibility index (Phi) is 2.17. The molecule has 1 rings (SSSR count). The number of aromatic hydroxyl groups is 2. The zero-order chi connectivity index (χ0) is 12.5. The van der Waals surface area contributed by atoms with Crippen LogP contribution in [0.1, 0.15) is 8.30 Å². The molecule has 5 N–H and O–H groups in total. The fraction of sp³-hybridized carbons (Fsp3) is 0.222. The number of nitrogens with two attached hydrogens (primary N) is 1. The van der Waals surface area contributed by atoms with E-state index in [0.29, 0.717) is 0 Å². The zero-order valence-electron chi connectivity index (χ0n) is 9.14. The van der Waals surface area contributed by atoms with Gasteiger partial charge in [0, 0.05) is 2.74 Å². The summed E-state index contributed by atoms with van der Waals surface area (Å²) in [5, 5.41) is 26.8. The first-order valence-corrected chi connectivity index (χ1v) is 3.77. The van der Waals surface area contributed by atoms with Crippen LogP contribution >= 0.6 is 0 Å². The molecular weight excluding hydrogens is 186 g/mol. The Hall–Kier alpha value is -1.75. The van der Waals surface area contributed by atoms with Gasteiger partial charge in [0.05, 0.1) is 0 Å². The average molecular weight is 199 g/mol.